The van der Waals surface area contributed by atoms with Crippen molar-refractivity contribution in [3.8, 4) is 0 Å². The van der Waals surface area contributed by atoms with Crippen LogP contribution in [0.25, 0.3) is 0 Å². The van der Waals surface area contributed by atoms with Crippen LogP contribution in [0.3, 0.4) is 0 Å². The molecule has 0 saturated heterocycles. The SMILES string of the molecule is CCC(CC)NC(C)c1cc(C)c(C)cc1C. The normalized spacial score (nSPS) is 13.1. The minimum atomic E-state index is 0.444. The molecular weight excluding hydrogens is 206 g/mol. The van der Waals surface area contributed by atoms with Crippen LogP contribution in [0.5, 0.6) is 0 Å². The standard InChI is InChI=1S/C16H27N/c1-7-15(8-2)17-14(6)16-10-12(4)11(3)9-13(16)5/h9-10,14-15,17H,7-8H2,1-6H3. The average molecular weight is 233 g/mol. The topological polar surface area (TPSA) is 12.0 Å². The Kier molecular flexibility index (Phi) is 5.20. The van der Waals surface area contributed by atoms with Gasteiger partial charge in [-0.25, -0.2) is 0 Å². The second kappa shape index (κ2) is 6.20. The fraction of sp³-hybridized carbons (Fsp3) is 0.625. The number of rotatable bonds is 5. The molecule has 0 aromatic heterocycles. The number of hydrogen-bond acceptors (Lipinski definition) is 1. The van der Waals surface area contributed by atoms with E-state index < -0.39 is 0 Å². The maximum atomic E-state index is 3.72. The lowest BCUT2D eigenvalue weighted by atomic mass is 9.96. The first-order valence-electron chi connectivity index (χ1n) is 6.83. The lowest BCUT2D eigenvalue weighted by Gasteiger charge is -2.23. The Hall–Kier alpha value is -0.820. The minimum Gasteiger partial charge on any atom is -0.307 e. The van der Waals surface area contributed by atoms with Crippen molar-refractivity contribution in [1.29, 1.82) is 0 Å². The van der Waals surface area contributed by atoms with Gasteiger partial charge in [0, 0.05) is 12.1 Å². The van der Waals surface area contributed by atoms with Crippen molar-refractivity contribution in [2.24, 2.45) is 0 Å². The molecule has 0 saturated carbocycles. The van der Waals surface area contributed by atoms with Gasteiger partial charge in [0.05, 0.1) is 0 Å². The van der Waals surface area contributed by atoms with E-state index >= 15 is 0 Å². The number of benzene rings is 1. The summed E-state index contributed by atoms with van der Waals surface area (Å²) >= 11 is 0. The van der Waals surface area contributed by atoms with Crippen molar-refractivity contribution in [3.05, 3.63) is 34.4 Å². The Morgan fingerprint density at radius 2 is 1.47 bits per heavy atom. The highest BCUT2D eigenvalue weighted by Gasteiger charge is 2.13. The second-order valence-electron chi connectivity index (χ2n) is 5.19. The third-order valence-corrected chi connectivity index (χ3v) is 3.82. The summed E-state index contributed by atoms with van der Waals surface area (Å²) in [5, 5.41) is 3.72. The molecule has 0 aliphatic carbocycles. The van der Waals surface area contributed by atoms with Crippen molar-refractivity contribution in [1.82, 2.24) is 5.32 Å². The Morgan fingerprint density at radius 1 is 0.941 bits per heavy atom. The first-order valence-corrected chi connectivity index (χ1v) is 6.83. The fourth-order valence-electron chi connectivity index (χ4n) is 2.42. The van der Waals surface area contributed by atoms with Gasteiger partial charge in [-0.3, -0.25) is 0 Å². The van der Waals surface area contributed by atoms with Gasteiger partial charge in [-0.15, -0.1) is 0 Å². The summed E-state index contributed by atoms with van der Waals surface area (Å²) in [6.07, 6.45) is 2.40. The van der Waals surface area contributed by atoms with Crippen LogP contribution in [0.15, 0.2) is 12.1 Å². The summed E-state index contributed by atoms with van der Waals surface area (Å²) < 4.78 is 0. The average Bonchev–Trinajstić information content (AvgIpc) is 2.30. The zero-order valence-electron chi connectivity index (χ0n) is 12.2. The van der Waals surface area contributed by atoms with Crippen molar-refractivity contribution in [2.45, 2.75) is 66.5 Å². The predicted octanol–water partition coefficient (Wildman–Crippen LogP) is 4.45. The summed E-state index contributed by atoms with van der Waals surface area (Å²) in [6, 6.07) is 5.71. The number of hydrogen-bond donors (Lipinski definition) is 1. The largest absolute Gasteiger partial charge is 0.307 e. The Morgan fingerprint density at radius 3 is 2.00 bits per heavy atom. The minimum absolute atomic E-state index is 0.444. The Bertz CT molecular complexity index is 364. The third-order valence-electron chi connectivity index (χ3n) is 3.82. The summed E-state index contributed by atoms with van der Waals surface area (Å²) in [5.74, 6) is 0. The maximum absolute atomic E-state index is 3.72. The molecular formula is C16H27N. The molecule has 0 heterocycles. The molecule has 0 radical (unpaired) electrons. The molecule has 1 aromatic carbocycles. The van der Waals surface area contributed by atoms with Crippen molar-refractivity contribution in [2.75, 3.05) is 0 Å². The van der Waals surface area contributed by atoms with Gasteiger partial charge in [-0.1, -0.05) is 26.0 Å². The molecule has 0 spiro atoms. The van der Waals surface area contributed by atoms with E-state index in [0.29, 0.717) is 12.1 Å². The number of nitrogens with one attached hydrogen (secondary N) is 1. The maximum Gasteiger partial charge on any atom is 0.0297 e. The van der Waals surface area contributed by atoms with Gasteiger partial charge >= 0.3 is 0 Å². The van der Waals surface area contributed by atoms with Crippen LogP contribution in [0.2, 0.25) is 0 Å². The molecule has 0 aliphatic rings. The van der Waals surface area contributed by atoms with Crippen molar-refractivity contribution in [3.63, 3.8) is 0 Å². The molecule has 1 rings (SSSR count). The van der Waals surface area contributed by atoms with Gasteiger partial charge in [0.2, 0.25) is 0 Å². The van der Waals surface area contributed by atoms with E-state index in [0.717, 1.165) is 0 Å². The monoisotopic (exact) mass is 233 g/mol. The van der Waals surface area contributed by atoms with Gasteiger partial charge in [-0.05, 0) is 62.8 Å². The van der Waals surface area contributed by atoms with Crippen LogP contribution in [-0.4, -0.2) is 6.04 Å². The van der Waals surface area contributed by atoms with E-state index in [1.165, 1.54) is 35.1 Å². The summed E-state index contributed by atoms with van der Waals surface area (Å²) in [4.78, 5) is 0. The van der Waals surface area contributed by atoms with E-state index in [2.05, 4.69) is 59.0 Å². The molecule has 0 amide bonds. The van der Waals surface area contributed by atoms with Crippen LogP contribution >= 0.6 is 0 Å². The lowest BCUT2D eigenvalue weighted by Crippen LogP contribution is -2.30. The zero-order valence-corrected chi connectivity index (χ0v) is 12.2. The van der Waals surface area contributed by atoms with Crippen LogP contribution in [0.1, 0.15) is 61.9 Å². The molecule has 0 fully saturated rings. The lowest BCUT2D eigenvalue weighted by molar-refractivity contribution is 0.431. The van der Waals surface area contributed by atoms with Crippen LogP contribution in [-0.2, 0) is 0 Å². The highest BCUT2D eigenvalue weighted by Crippen LogP contribution is 2.22. The van der Waals surface area contributed by atoms with Gasteiger partial charge in [0.15, 0.2) is 0 Å². The highest BCUT2D eigenvalue weighted by molar-refractivity contribution is 5.38. The van der Waals surface area contributed by atoms with E-state index in [1.54, 1.807) is 0 Å². The second-order valence-corrected chi connectivity index (χ2v) is 5.19. The molecule has 0 bridgehead atoms. The molecule has 1 unspecified atom stereocenters. The smallest absolute Gasteiger partial charge is 0.0297 e. The van der Waals surface area contributed by atoms with E-state index in [-0.39, 0.29) is 0 Å². The van der Waals surface area contributed by atoms with E-state index in [1.807, 2.05) is 0 Å². The molecule has 1 atom stereocenters. The van der Waals surface area contributed by atoms with Gasteiger partial charge < -0.3 is 5.32 Å². The molecule has 1 aromatic rings. The Labute approximate surface area is 107 Å². The third kappa shape index (κ3) is 3.57. The van der Waals surface area contributed by atoms with E-state index in [9.17, 15) is 0 Å². The van der Waals surface area contributed by atoms with Gasteiger partial charge in [0.25, 0.3) is 0 Å². The molecule has 17 heavy (non-hydrogen) atoms. The molecule has 0 aliphatic heterocycles. The highest BCUT2D eigenvalue weighted by atomic mass is 14.9. The summed E-state index contributed by atoms with van der Waals surface area (Å²) in [6.45, 7) is 13.4. The van der Waals surface area contributed by atoms with Crippen molar-refractivity contribution >= 4 is 0 Å². The molecule has 1 heteroatoms. The van der Waals surface area contributed by atoms with Gasteiger partial charge in [0.1, 0.15) is 0 Å². The molecule has 1 nitrogen and oxygen atoms in total. The van der Waals surface area contributed by atoms with Crippen LogP contribution in [0, 0.1) is 20.8 Å². The first-order chi connectivity index (χ1) is 7.99. The van der Waals surface area contributed by atoms with Crippen LogP contribution < -0.4 is 5.32 Å². The van der Waals surface area contributed by atoms with Gasteiger partial charge in [-0.2, -0.15) is 0 Å². The summed E-state index contributed by atoms with van der Waals surface area (Å²) in [7, 11) is 0. The van der Waals surface area contributed by atoms with E-state index in [4.69, 9.17) is 0 Å². The van der Waals surface area contributed by atoms with Crippen LogP contribution in [0.4, 0.5) is 0 Å². The number of aryl methyl sites for hydroxylation is 3. The molecule has 96 valence electrons. The quantitative estimate of drug-likeness (QED) is 0.792. The summed E-state index contributed by atoms with van der Waals surface area (Å²) in [5.41, 5.74) is 5.63. The zero-order chi connectivity index (χ0) is 13.0. The predicted molar refractivity (Wildman–Crippen MR) is 76.6 cm³/mol. The first kappa shape index (κ1) is 14.2. The van der Waals surface area contributed by atoms with Crippen molar-refractivity contribution < 1.29 is 0 Å². The fourth-order valence-corrected chi connectivity index (χ4v) is 2.42. The Balaban J connectivity index is 2.88. The molecule has 1 N–H and O–H groups in total.